The summed E-state index contributed by atoms with van der Waals surface area (Å²) in [6.07, 6.45) is 0.571. The molecular weight excluding hydrogens is 288 g/mol. The van der Waals surface area contributed by atoms with E-state index in [2.05, 4.69) is 0 Å². The summed E-state index contributed by atoms with van der Waals surface area (Å²) in [7, 11) is 1.66. The SMILES string of the molecule is COC(C)(C)C[C@@H](C(=O)OCc1ccccc1)c1ccccc1. The standard InChI is InChI=1S/C20H24O3/c1-20(2,22-3)14-18(17-12-8-5-9-13-17)19(21)23-15-16-10-6-4-7-11-16/h4-13,18H,14-15H2,1-3H3/t18-/m1/s1. The van der Waals surface area contributed by atoms with Gasteiger partial charge in [0.2, 0.25) is 0 Å². The first kappa shape index (κ1) is 17.2. The fourth-order valence-electron chi connectivity index (χ4n) is 2.43. The first-order chi connectivity index (χ1) is 11.0. The minimum absolute atomic E-state index is 0.217. The molecule has 0 aliphatic rings. The second kappa shape index (κ2) is 7.93. The van der Waals surface area contributed by atoms with E-state index in [1.807, 2.05) is 74.5 Å². The van der Waals surface area contributed by atoms with Crippen LogP contribution in [0, 0.1) is 0 Å². The summed E-state index contributed by atoms with van der Waals surface area (Å²) in [5.41, 5.74) is 1.54. The van der Waals surface area contributed by atoms with Crippen molar-refractivity contribution in [1.29, 1.82) is 0 Å². The van der Waals surface area contributed by atoms with Crippen molar-refractivity contribution in [3.63, 3.8) is 0 Å². The van der Waals surface area contributed by atoms with E-state index in [4.69, 9.17) is 9.47 Å². The third-order valence-electron chi connectivity index (χ3n) is 3.96. The average molecular weight is 312 g/mol. The Morgan fingerprint density at radius 2 is 1.57 bits per heavy atom. The molecule has 122 valence electrons. The van der Waals surface area contributed by atoms with Crippen molar-refractivity contribution in [2.24, 2.45) is 0 Å². The van der Waals surface area contributed by atoms with Crippen molar-refractivity contribution in [2.45, 2.75) is 38.4 Å². The zero-order valence-corrected chi connectivity index (χ0v) is 14.0. The van der Waals surface area contributed by atoms with Crippen molar-refractivity contribution in [3.05, 3.63) is 71.8 Å². The zero-order chi connectivity index (χ0) is 16.7. The van der Waals surface area contributed by atoms with Crippen LogP contribution in [-0.2, 0) is 20.9 Å². The molecule has 1 atom stereocenters. The molecule has 0 unspecified atom stereocenters. The quantitative estimate of drug-likeness (QED) is 0.714. The van der Waals surface area contributed by atoms with Crippen molar-refractivity contribution >= 4 is 5.97 Å². The van der Waals surface area contributed by atoms with Gasteiger partial charge in [-0.05, 0) is 31.4 Å². The van der Waals surface area contributed by atoms with Gasteiger partial charge < -0.3 is 9.47 Å². The van der Waals surface area contributed by atoms with Gasteiger partial charge in [-0.1, -0.05) is 60.7 Å². The summed E-state index contributed by atoms with van der Waals surface area (Å²) in [6.45, 7) is 4.25. The Hall–Kier alpha value is -2.13. The van der Waals surface area contributed by atoms with Crippen molar-refractivity contribution in [1.82, 2.24) is 0 Å². The maximum atomic E-state index is 12.6. The van der Waals surface area contributed by atoms with E-state index in [0.717, 1.165) is 11.1 Å². The molecule has 0 saturated heterocycles. The molecule has 0 N–H and O–H groups in total. The van der Waals surface area contributed by atoms with Crippen LogP contribution < -0.4 is 0 Å². The van der Waals surface area contributed by atoms with E-state index < -0.39 is 5.60 Å². The van der Waals surface area contributed by atoms with E-state index in [1.165, 1.54) is 0 Å². The van der Waals surface area contributed by atoms with Gasteiger partial charge in [0.1, 0.15) is 6.61 Å². The van der Waals surface area contributed by atoms with Gasteiger partial charge in [-0.25, -0.2) is 0 Å². The van der Waals surface area contributed by atoms with Crippen LogP contribution in [0.25, 0.3) is 0 Å². The Balaban J connectivity index is 2.11. The largest absolute Gasteiger partial charge is 0.460 e. The highest BCUT2D eigenvalue weighted by atomic mass is 16.5. The molecule has 0 fully saturated rings. The normalized spacial score (nSPS) is 12.7. The van der Waals surface area contributed by atoms with E-state index in [9.17, 15) is 4.79 Å². The summed E-state index contributed by atoms with van der Waals surface area (Å²) in [6, 6.07) is 19.4. The van der Waals surface area contributed by atoms with Gasteiger partial charge in [0.15, 0.2) is 0 Å². The second-order valence-corrected chi connectivity index (χ2v) is 6.22. The number of carbonyl (C=O) groups excluding carboxylic acids is 1. The number of benzene rings is 2. The third-order valence-corrected chi connectivity index (χ3v) is 3.96. The molecular formula is C20H24O3. The van der Waals surface area contributed by atoms with Gasteiger partial charge in [-0.2, -0.15) is 0 Å². The minimum atomic E-state index is -0.397. The molecule has 23 heavy (non-hydrogen) atoms. The first-order valence-electron chi connectivity index (χ1n) is 7.82. The smallest absolute Gasteiger partial charge is 0.313 e. The van der Waals surface area contributed by atoms with Crippen molar-refractivity contribution in [3.8, 4) is 0 Å². The van der Waals surface area contributed by atoms with Gasteiger partial charge >= 0.3 is 5.97 Å². The summed E-state index contributed by atoms with van der Waals surface area (Å²) in [5, 5.41) is 0. The van der Waals surface area contributed by atoms with Crippen molar-refractivity contribution < 1.29 is 14.3 Å². The molecule has 0 aromatic heterocycles. The molecule has 2 rings (SSSR count). The second-order valence-electron chi connectivity index (χ2n) is 6.22. The number of hydrogen-bond donors (Lipinski definition) is 0. The highest BCUT2D eigenvalue weighted by Crippen LogP contribution is 2.29. The maximum Gasteiger partial charge on any atom is 0.313 e. The Bertz CT molecular complexity index is 605. The Kier molecular flexibility index (Phi) is 5.94. The summed E-state index contributed by atoms with van der Waals surface area (Å²) in [5.74, 6) is -0.556. The molecule has 0 aliphatic heterocycles. The van der Waals surface area contributed by atoms with Gasteiger partial charge in [0.05, 0.1) is 11.5 Å². The van der Waals surface area contributed by atoms with Crippen LogP contribution in [0.2, 0.25) is 0 Å². The van der Waals surface area contributed by atoms with Crippen LogP contribution in [0.4, 0.5) is 0 Å². The van der Waals surface area contributed by atoms with E-state index in [-0.39, 0.29) is 18.5 Å². The van der Waals surface area contributed by atoms with E-state index in [1.54, 1.807) is 7.11 Å². The number of carbonyl (C=O) groups is 1. The monoisotopic (exact) mass is 312 g/mol. The molecule has 3 heteroatoms. The lowest BCUT2D eigenvalue weighted by Gasteiger charge is -2.27. The molecule has 0 radical (unpaired) electrons. The van der Waals surface area contributed by atoms with Gasteiger partial charge in [0.25, 0.3) is 0 Å². The number of esters is 1. The molecule has 0 heterocycles. The molecule has 0 spiro atoms. The van der Waals surface area contributed by atoms with Crippen LogP contribution in [-0.4, -0.2) is 18.7 Å². The summed E-state index contributed by atoms with van der Waals surface area (Å²) >= 11 is 0. The Labute approximate surface area is 138 Å². The van der Waals surface area contributed by atoms with Gasteiger partial charge in [-0.15, -0.1) is 0 Å². The maximum absolute atomic E-state index is 12.6. The Morgan fingerprint density at radius 3 is 2.13 bits per heavy atom. The Morgan fingerprint density at radius 1 is 1.00 bits per heavy atom. The van der Waals surface area contributed by atoms with Crippen LogP contribution in [0.1, 0.15) is 37.3 Å². The minimum Gasteiger partial charge on any atom is -0.460 e. The average Bonchev–Trinajstić information content (AvgIpc) is 2.59. The predicted molar refractivity (Wildman–Crippen MR) is 91.1 cm³/mol. The molecule has 0 amide bonds. The fourth-order valence-corrected chi connectivity index (χ4v) is 2.43. The zero-order valence-electron chi connectivity index (χ0n) is 14.0. The van der Waals surface area contributed by atoms with Gasteiger partial charge in [0, 0.05) is 7.11 Å². The summed E-state index contributed by atoms with van der Waals surface area (Å²) in [4.78, 5) is 12.6. The van der Waals surface area contributed by atoms with Crippen LogP contribution in [0.15, 0.2) is 60.7 Å². The number of ether oxygens (including phenoxy) is 2. The number of methoxy groups -OCH3 is 1. The molecule has 0 aliphatic carbocycles. The topological polar surface area (TPSA) is 35.5 Å². The fraction of sp³-hybridized carbons (Fsp3) is 0.350. The first-order valence-corrected chi connectivity index (χ1v) is 7.82. The summed E-state index contributed by atoms with van der Waals surface area (Å²) < 4.78 is 11.0. The molecule has 0 bridgehead atoms. The molecule has 2 aromatic carbocycles. The highest BCUT2D eigenvalue weighted by Gasteiger charge is 2.30. The third kappa shape index (κ3) is 5.22. The lowest BCUT2D eigenvalue weighted by atomic mass is 9.88. The van der Waals surface area contributed by atoms with E-state index >= 15 is 0 Å². The van der Waals surface area contributed by atoms with E-state index in [0.29, 0.717) is 6.42 Å². The van der Waals surface area contributed by atoms with Crippen LogP contribution in [0.5, 0.6) is 0 Å². The van der Waals surface area contributed by atoms with Crippen LogP contribution >= 0.6 is 0 Å². The van der Waals surface area contributed by atoms with Crippen molar-refractivity contribution in [2.75, 3.05) is 7.11 Å². The van der Waals surface area contributed by atoms with Crippen LogP contribution in [0.3, 0.4) is 0 Å². The number of hydrogen-bond acceptors (Lipinski definition) is 3. The highest BCUT2D eigenvalue weighted by molar-refractivity contribution is 5.78. The molecule has 3 nitrogen and oxygen atoms in total. The van der Waals surface area contributed by atoms with Gasteiger partial charge in [-0.3, -0.25) is 4.79 Å². The predicted octanol–water partition coefficient (Wildman–Crippen LogP) is 4.33. The lowest BCUT2D eigenvalue weighted by Crippen LogP contribution is -2.29. The molecule has 0 saturated carbocycles. The molecule has 2 aromatic rings. The lowest BCUT2D eigenvalue weighted by molar-refractivity contribution is -0.148. The number of rotatable bonds is 7.